The average Bonchev–Trinajstić information content (AvgIpc) is 2.72. The normalized spacial score (nSPS) is 23.0. The van der Waals surface area contributed by atoms with Gasteiger partial charge in [0, 0.05) is 44.7 Å². The summed E-state index contributed by atoms with van der Waals surface area (Å²) in [5.74, 6) is -0.774. The molecule has 1 heterocycles. The molecule has 1 aliphatic heterocycles. The number of carbonyl (C=O) groups excluding carboxylic acids is 2. The van der Waals surface area contributed by atoms with Crippen LogP contribution in [0, 0.1) is 11.6 Å². The van der Waals surface area contributed by atoms with E-state index in [1.54, 1.807) is 4.90 Å². The number of likely N-dealkylation sites (tertiary alicyclic amines) is 1. The van der Waals surface area contributed by atoms with Gasteiger partial charge in [0.25, 0.3) is 0 Å². The Balaban J connectivity index is 1.45. The quantitative estimate of drug-likeness (QED) is 0.819. The Hall–Kier alpha value is -2.18. The van der Waals surface area contributed by atoms with Crippen LogP contribution in [-0.2, 0) is 4.79 Å². The first-order valence-electron chi connectivity index (χ1n) is 10.6. The lowest BCUT2D eigenvalue weighted by Gasteiger charge is -2.38. The third-order valence-electron chi connectivity index (χ3n) is 6.40. The molecule has 3 rings (SSSR count). The molecule has 2 aliphatic rings. The minimum atomic E-state index is -0.538. The van der Waals surface area contributed by atoms with E-state index in [-0.39, 0.29) is 29.9 Å². The van der Waals surface area contributed by atoms with Crippen molar-refractivity contribution >= 4 is 11.9 Å². The zero-order chi connectivity index (χ0) is 21.0. The fourth-order valence-corrected chi connectivity index (χ4v) is 4.55. The number of urea groups is 1. The number of hydrogen-bond acceptors (Lipinski definition) is 2. The van der Waals surface area contributed by atoms with Gasteiger partial charge in [-0.15, -0.1) is 0 Å². The van der Waals surface area contributed by atoms with Crippen LogP contribution in [0.15, 0.2) is 18.2 Å². The van der Waals surface area contributed by atoms with Gasteiger partial charge in [-0.3, -0.25) is 4.79 Å². The third-order valence-corrected chi connectivity index (χ3v) is 6.40. The number of benzene rings is 1. The van der Waals surface area contributed by atoms with Gasteiger partial charge in [0.15, 0.2) is 0 Å². The highest BCUT2D eigenvalue weighted by molar-refractivity contribution is 5.76. The first-order valence-corrected chi connectivity index (χ1v) is 10.6. The molecule has 1 saturated carbocycles. The number of hydrogen-bond donors (Lipinski definition) is 1. The van der Waals surface area contributed by atoms with Crippen LogP contribution in [0.3, 0.4) is 0 Å². The van der Waals surface area contributed by atoms with Gasteiger partial charge in [-0.05, 0) is 62.1 Å². The van der Waals surface area contributed by atoms with Gasteiger partial charge in [0.1, 0.15) is 11.6 Å². The van der Waals surface area contributed by atoms with Gasteiger partial charge in [0.05, 0.1) is 0 Å². The van der Waals surface area contributed by atoms with E-state index >= 15 is 0 Å². The lowest BCUT2D eigenvalue weighted by atomic mass is 9.81. The molecule has 0 unspecified atom stereocenters. The zero-order valence-corrected chi connectivity index (χ0v) is 17.3. The van der Waals surface area contributed by atoms with Gasteiger partial charge in [-0.2, -0.15) is 0 Å². The summed E-state index contributed by atoms with van der Waals surface area (Å²) < 4.78 is 26.9. The van der Waals surface area contributed by atoms with Gasteiger partial charge >= 0.3 is 6.03 Å². The third kappa shape index (κ3) is 5.46. The smallest absolute Gasteiger partial charge is 0.317 e. The summed E-state index contributed by atoms with van der Waals surface area (Å²) in [6, 6.07) is 3.87. The molecule has 1 aliphatic carbocycles. The molecule has 0 radical (unpaired) electrons. The molecule has 2 fully saturated rings. The largest absolute Gasteiger partial charge is 0.343 e. The highest BCUT2D eigenvalue weighted by Crippen LogP contribution is 2.33. The Morgan fingerprint density at radius 1 is 1.03 bits per heavy atom. The highest BCUT2D eigenvalue weighted by Gasteiger charge is 2.29. The van der Waals surface area contributed by atoms with E-state index in [4.69, 9.17) is 0 Å². The molecular formula is C22H31F2N3O2. The van der Waals surface area contributed by atoms with E-state index in [1.165, 1.54) is 12.1 Å². The summed E-state index contributed by atoms with van der Waals surface area (Å²) in [6.07, 6.45) is 5.31. The van der Waals surface area contributed by atoms with Gasteiger partial charge in [-0.1, -0.05) is 6.92 Å². The number of nitrogens with one attached hydrogen (secondary N) is 1. The SMILES string of the molecule is CCC(=O)N1CCC(N(C)C(=O)NC2CCC(c3cc(F)cc(F)c3)CC2)CC1. The summed E-state index contributed by atoms with van der Waals surface area (Å²) in [5.41, 5.74) is 0.706. The summed E-state index contributed by atoms with van der Waals surface area (Å²) in [6.45, 7) is 3.27. The molecule has 1 aromatic carbocycles. The summed E-state index contributed by atoms with van der Waals surface area (Å²) in [5, 5.41) is 3.11. The minimum Gasteiger partial charge on any atom is -0.343 e. The van der Waals surface area contributed by atoms with Crippen molar-refractivity contribution in [2.45, 2.75) is 69.9 Å². The standard InChI is InChI=1S/C22H31F2N3O2/c1-3-21(28)27-10-8-20(9-11-27)26(2)22(29)25-19-6-4-15(5-7-19)16-12-17(23)14-18(24)13-16/h12-15,19-20H,3-11H2,1-2H3,(H,25,29). The van der Waals surface area contributed by atoms with Crippen molar-refractivity contribution < 1.29 is 18.4 Å². The molecule has 1 aromatic rings. The maximum Gasteiger partial charge on any atom is 0.317 e. The topological polar surface area (TPSA) is 52.7 Å². The second-order valence-electron chi connectivity index (χ2n) is 8.28. The molecule has 3 amide bonds. The van der Waals surface area contributed by atoms with Crippen LogP contribution in [-0.4, -0.2) is 54.0 Å². The molecule has 0 atom stereocenters. The lowest BCUT2D eigenvalue weighted by molar-refractivity contribution is -0.132. The van der Waals surface area contributed by atoms with E-state index in [1.807, 2.05) is 18.9 Å². The molecule has 0 aromatic heterocycles. The molecule has 5 nitrogen and oxygen atoms in total. The monoisotopic (exact) mass is 407 g/mol. The maximum absolute atomic E-state index is 13.5. The number of rotatable bonds is 4. The van der Waals surface area contributed by atoms with E-state index < -0.39 is 11.6 Å². The number of piperidine rings is 1. The molecular weight excluding hydrogens is 376 g/mol. The Bertz CT molecular complexity index is 707. The Morgan fingerprint density at radius 2 is 1.62 bits per heavy atom. The Labute approximate surface area is 171 Å². The second-order valence-corrected chi connectivity index (χ2v) is 8.28. The predicted molar refractivity (Wildman–Crippen MR) is 108 cm³/mol. The number of halogens is 2. The van der Waals surface area contributed by atoms with E-state index in [2.05, 4.69) is 5.32 Å². The molecule has 160 valence electrons. The van der Waals surface area contributed by atoms with Crippen molar-refractivity contribution in [3.05, 3.63) is 35.4 Å². The fourth-order valence-electron chi connectivity index (χ4n) is 4.55. The molecule has 0 bridgehead atoms. The second kappa shape index (κ2) is 9.55. The van der Waals surface area contributed by atoms with Gasteiger partial charge in [-0.25, -0.2) is 13.6 Å². The average molecular weight is 408 g/mol. The van der Waals surface area contributed by atoms with Crippen LogP contribution in [0.2, 0.25) is 0 Å². The number of carbonyl (C=O) groups is 2. The van der Waals surface area contributed by atoms with Crippen molar-refractivity contribution in [1.29, 1.82) is 0 Å². The molecule has 0 spiro atoms. The van der Waals surface area contributed by atoms with E-state index in [0.717, 1.165) is 44.6 Å². The van der Waals surface area contributed by atoms with Crippen molar-refractivity contribution in [2.24, 2.45) is 0 Å². The van der Waals surface area contributed by atoms with Crippen LogP contribution in [0.25, 0.3) is 0 Å². The molecule has 7 heteroatoms. The first-order chi connectivity index (χ1) is 13.9. The molecule has 29 heavy (non-hydrogen) atoms. The highest BCUT2D eigenvalue weighted by atomic mass is 19.1. The van der Waals surface area contributed by atoms with Crippen LogP contribution < -0.4 is 5.32 Å². The fraction of sp³-hybridized carbons (Fsp3) is 0.636. The summed E-state index contributed by atoms with van der Waals surface area (Å²) >= 11 is 0. The first kappa shape index (κ1) is 21.5. The minimum absolute atomic E-state index is 0.0782. The number of amides is 3. The zero-order valence-electron chi connectivity index (χ0n) is 17.3. The van der Waals surface area contributed by atoms with Crippen molar-refractivity contribution in [3.8, 4) is 0 Å². The Morgan fingerprint density at radius 3 is 2.17 bits per heavy atom. The van der Waals surface area contributed by atoms with Crippen LogP contribution in [0.1, 0.15) is 63.4 Å². The molecule has 1 saturated heterocycles. The number of nitrogens with zero attached hydrogens (tertiary/aromatic N) is 2. The van der Waals surface area contributed by atoms with Crippen LogP contribution in [0.5, 0.6) is 0 Å². The van der Waals surface area contributed by atoms with Gasteiger partial charge in [0.2, 0.25) is 5.91 Å². The summed E-state index contributed by atoms with van der Waals surface area (Å²) in [7, 11) is 1.82. The van der Waals surface area contributed by atoms with E-state index in [0.29, 0.717) is 25.1 Å². The lowest BCUT2D eigenvalue weighted by Crippen LogP contribution is -2.52. The van der Waals surface area contributed by atoms with Crippen LogP contribution >= 0.6 is 0 Å². The summed E-state index contributed by atoms with van der Waals surface area (Å²) in [4.78, 5) is 28.1. The Kier molecular flexibility index (Phi) is 7.09. The van der Waals surface area contributed by atoms with Gasteiger partial charge < -0.3 is 15.1 Å². The van der Waals surface area contributed by atoms with Crippen molar-refractivity contribution in [1.82, 2.24) is 15.1 Å². The molecule has 1 N–H and O–H groups in total. The van der Waals surface area contributed by atoms with E-state index in [9.17, 15) is 18.4 Å². The van der Waals surface area contributed by atoms with Crippen molar-refractivity contribution in [2.75, 3.05) is 20.1 Å². The maximum atomic E-state index is 13.5. The predicted octanol–water partition coefficient (Wildman–Crippen LogP) is 4.03. The van der Waals surface area contributed by atoms with Crippen LogP contribution in [0.4, 0.5) is 13.6 Å². The van der Waals surface area contributed by atoms with Crippen molar-refractivity contribution in [3.63, 3.8) is 0 Å².